The highest BCUT2D eigenvalue weighted by Gasteiger charge is 2.81. The van der Waals surface area contributed by atoms with Crippen LogP contribution in [0.25, 0.3) is 22.6 Å². The normalized spacial score (nSPS) is 27.8. The molecule has 30 heavy (non-hydrogen) atoms. The van der Waals surface area contributed by atoms with Crippen LogP contribution in [-0.2, 0) is 20.3 Å². The van der Waals surface area contributed by atoms with Gasteiger partial charge in [0.05, 0.1) is 6.61 Å². The van der Waals surface area contributed by atoms with Crippen molar-refractivity contribution in [3.8, 4) is 17.2 Å². The van der Waals surface area contributed by atoms with E-state index in [1.807, 2.05) is 37.3 Å². The van der Waals surface area contributed by atoms with Gasteiger partial charge in [-0.25, -0.2) is 9.87 Å². The number of rotatable bonds is 2. The van der Waals surface area contributed by atoms with E-state index in [-0.39, 0.29) is 16.6 Å². The van der Waals surface area contributed by atoms with E-state index in [2.05, 4.69) is 39.6 Å². The van der Waals surface area contributed by atoms with Gasteiger partial charge in [-0.15, -0.1) is 0 Å². The monoisotopic (exact) mass is 409 g/mol. The fraction of sp³-hybridized carbons (Fsp3) is 0.458. The summed E-state index contributed by atoms with van der Waals surface area (Å²) in [4.78, 5) is 16.3. The van der Waals surface area contributed by atoms with Crippen molar-refractivity contribution >= 4 is 11.1 Å². The molecule has 2 aromatic carbocycles. The first-order valence-corrected chi connectivity index (χ1v) is 10.2. The first-order valence-electron chi connectivity index (χ1n) is 10.2. The number of hydrogen-bond donors (Lipinski definition) is 1. The Balaban J connectivity index is 1.71. The van der Waals surface area contributed by atoms with Crippen molar-refractivity contribution in [3.05, 3.63) is 47.5 Å². The first kappa shape index (κ1) is 19.5. The van der Waals surface area contributed by atoms with Gasteiger partial charge in [0.2, 0.25) is 5.89 Å². The maximum absolute atomic E-state index is 10.8. The molecule has 3 aromatic rings. The highest BCUT2D eigenvalue weighted by molar-refractivity contribution is 5.77. The zero-order chi connectivity index (χ0) is 21.5. The van der Waals surface area contributed by atoms with Gasteiger partial charge in [-0.05, 0) is 31.2 Å². The van der Waals surface area contributed by atoms with Gasteiger partial charge in [-0.1, -0.05) is 46.8 Å². The Kier molecular flexibility index (Phi) is 3.81. The number of aromatic hydroxyl groups is 1. The van der Waals surface area contributed by atoms with E-state index in [0.29, 0.717) is 34.8 Å². The first-order chi connectivity index (χ1) is 14.0. The molecule has 2 unspecified atom stereocenters. The predicted molar refractivity (Wildman–Crippen MR) is 112 cm³/mol. The van der Waals surface area contributed by atoms with Crippen molar-refractivity contribution in [2.75, 3.05) is 6.61 Å². The Morgan fingerprint density at radius 2 is 1.80 bits per heavy atom. The number of phenolic OH excluding ortho intramolecular Hbond substituents is 1. The van der Waals surface area contributed by atoms with Crippen LogP contribution in [0.5, 0.6) is 5.75 Å². The summed E-state index contributed by atoms with van der Waals surface area (Å²) in [5.41, 5.74) is 2.21. The Morgan fingerprint density at radius 3 is 2.43 bits per heavy atom. The third-order valence-electron chi connectivity index (χ3n) is 6.68. The van der Waals surface area contributed by atoms with Gasteiger partial charge < -0.3 is 14.3 Å². The minimum atomic E-state index is -1.12. The quantitative estimate of drug-likeness (QED) is 0.566. The fourth-order valence-electron chi connectivity index (χ4n) is 5.34. The molecule has 2 saturated heterocycles. The summed E-state index contributed by atoms with van der Waals surface area (Å²) in [5, 5.41) is 10.8. The molecule has 2 aliphatic rings. The van der Waals surface area contributed by atoms with Crippen molar-refractivity contribution < 1.29 is 24.0 Å². The standard InChI is InChI=1S/C24H27NO5/c1-14-16(20-25-17-9-7-8-10-19(17)28-20)11-15(12-18(14)26)23-24(30-29-23,21(2,3)4)22(5,6)13-27-23/h7-12,26H,13H2,1-6H3. The largest absolute Gasteiger partial charge is 0.508 e. The summed E-state index contributed by atoms with van der Waals surface area (Å²) in [6, 6.07) is 11.2. The molecule has 6 heteroatoms. The van der Waals surface area contributed by atoms with Crippen LogP contribution in [-0.4, -0.2) is 22.3 Å². The molecular formula is C24H27NO5. The van der Waals surface area contributed by atoms with E-state index in [9.17, 15) is 5.11 Å². The lowest BCUT2D eigenvalue weighted by Crippen LogP contribution is -2.73. The Bertz CT molecular complexity index is 1130. The van der Waals surface area contributed by atoms with E-state index >= 15 is 0 Å². The summed E-state index contributed by atoms with van der Waals surface area (Å²) in [6.45, 7) is 12.9. The van der Waals surface area contributed by atoms with Gasteiger partial charge in [0.25, 0.3) is 5.79 Å². The molecule has 2 atom stereocenters. The molecule has 0 aliphatic carbocycles. The van der Waals surface area contributed by atoms with Gasteiger partial charge in [-0.3, -0.25) is 0 Å². The molecule has 158 valence electrons. The summed E-state index contributed by atoms with van der Waals surface area (Å²) < 4.78 is 12.3. The van der Waals surface area contributed by atoms with E-state index in [1.54, 1.807) is 6.07 Å². The molecule has 0 spiro atoms. The van der Waals surface area contributed by atoms with Crippen molar-refractivity contribution in [3.63, 3.8) is 0 Å². The molecule has 0 amide bonds. The zero-order valence-electron chi connectivity index (χ0n) is 18.2. The van der Waals surface area contributed by atoms with E-state index in [1.165, 1.54) is 0 Å². The summed E-state index contributed by atoms with van der Waals surface area (Å²) in [5.74, 6) is -0.549. The number of phenols is 1. The summed E-state index contributed by atoms with van der Waals surface area (Å²) in [7, 11) is 0. The molecule has 2 fully saturated rings. The lowest BCUT2D eigenvalue weighted by Gasteiger charge is -2.61. The topological polar surface area (TPSA) is 74.0 Å². The van der Waals surface area contributed by atoms with Gasteiger partial charge in [-0.2, -0.15) is 4.89 Å². The van der Waals surface area contributed by atoms with Gasteiger partial charge in [0.15, 0.2) is 11.2 Å². The van der Waals surface area contributed by atoms with E-state index in [0.717, 1.165) is 5.52 Å². The number of aromatic nitrogens is 1. The second kappa shape index (κ2) is 5.84. The van der Waals surface area contributed by atoms with Crippen molar-refractivity contribution in [1.82, 2.24) is 4.98 Å². The van der Waals surface area contributed by atoms with Crippen LogP contribution >= 0.6 is 0 Å². The summed E-state index contributed by atoms with van der Waals surface area (Å²) >= 11 is 0. The van der Waals surface area contributed by atoms with Crippen LogP contribution in [0.2, 0.25) is 0 Å². The molecule has 2 aliphatic heterocycles. The smallest absolute Gasteiger partial charge is 0.261 e. The maximum atomic E-state index is 10.8. The van der Waals surface area contributed by atoms with Crippen molar-refractivity contribution in [2.45, 2.75) is 52.9 Å². The second-order valence-electron chi connectivity index (χ2n) is 10.0. The van der Waals surface area contributed by atoms with Gasteiger partial charge in [0.1, 0.15) is 11.3 Å². The molecule has 6 nitrogen and oxygen atoms in total. The number of ether oxygens (including phenoxy) is 1. The molecule has 1 N–H and O–H groups in total. The fourth-order valence-corrected chi connectivity index (χ4v) is 5.34. The summed E-state index contributed by atoms with van der Waals surface area (Å²) in [6.07, 6.45) is 0. The number of benzene rings is 2. The lowest BCUT2D eigenvalue weighted by molar-refractivity contribution is -0.626. The predicted octanol–water partition coefficient (Wildman–Crippen LogP) is 5.46. The molecule has 0 radical (unpaired) electrons. The number of hydrogen-bond acceptors (Lipinski definition) is 6. The van der Waals surface area contributed by atoms with Crippen molar-refractivity contribution in [2.24, 2.45) is 10.8 Å². The minimum absolute atomic E-state index is 0.130. The Labute approximate surface area is 175 Å². The molecule has 0 bridgehead atoms. The zero-order valence-corrected chi connectivity index (χ0v) is 18.2. The third kappa shape index (κ3) is 2.21. The van der Waals surface area contributed by atoms with Gasteiger partial charge in [0, 0.05) is 27.5 Å². The number of oxazole rings is 1. The molecular weight excluding hydrogens is 382 g/mol. The van der Waals surface area contributed by atoms with Crippen LogP contribution < -0.4 is 0 Å². The average molecular weight is 409 g/mol. The van der Waals surface area contributed by atoms with Crippen LogP contribution in [0.4, 0.5) is 0 Å². The highest BCUT2D eigenvalue weighted by atomic mass is 17.3. The second-order valence-corrected chi connectivity index (χ2v) is 10.0. The minimum Gasteiger partial charge on any atom is -0.508 e. The number of para-hydroxylation sites is 2. The molecule has 1 aromatic heterocycles. The molecule has 0 saturated carbocycles. The highest BCUT2D eigenvalue weighted by Crippen LogP contribution is 2.69. The van der Waals surface area contributed by atoms with Crippen LogP contribution in [0, 0.1) is 17.8 Å². The number of fused-ring (bicyclic) bond motifs is 2. The van der Waals surface area contributed by atoms with Crippen LogP contribution in [0.15, 0.2) is 40.8 Å². The van der Waals surface area contributed by atoms with E-state index < -0.39 is 11.4 Å². The number of nitrogens with zero attached hydrogens (tertiary/aromatic N) is 1. The van der Waals surface area contributed by atoms with Gasteiger partial charge >= 0.3 is 0 Å². The molecule has 5 rings (SSSR count). The van der Waals surface area contributed by atoms with Crippen molar-refractivity contribution in [1.29, 1.82) is 0 Å². The third-order valence-corrected chi connectivity index (χ3v) is 6.68. The lowest BCUT2D eigenvalue weighted by atomic mass is 9.57. The SMILES string of the molecule is Cc1c(O)cc(C23OCC(C)(C)C2(C(C)(C)C)OO3)cc1-c1nc2ccccc2o1. The Hall–Kier alpha value is -2.41. The average Bonchev–Trinajstić information content (AvgIpc) is 3.12. The van der Waals surface area contributed by atoms with Crippen LogP contribution in [0.1, 0.15) is 45.7 Å². The van der Waals surface area contributed by atoms with E-state index in [4.69, 9.17) is 18.9 Å². The molecule has 3 heterocycles. The Morgan fingerprint density at radius 1 is 1.07 bits per heavy atom. The van der Waals surface area contributed by atoms with Crippen LogP contribution in [0.3, 0.4) is 0 Å². The maximum Gasteiger partial charge on any atom is 0.261 e.